The molecular formula is C10H16N4O3S. The minimum absolute atomic E-state index is 0.00478. The monoisotopic (exact) mass is 272 g/mol. The number of pyridine rings is 1. The van der Waals surface area contributed by atoms with Crippen molar-refractivity contribution in [3.63, 3.8) is 0 Å². The molecule has 0 aliphatic carbocycles. The number of oxime groups is 1. The predicted molar refractivity (Wildman–Crippen MR) is 67.5 cm³/mol. The first-order chi connectivity index (χ1) is 8.43. The van der Waals surface area contributed by atoms with Crippen LogP contribution in [0.15, 0.2) is 29.7 Å². The summed E-state index contributed by atoms with van der Waals surface area (Å²) < 4.78 is 24.5. The zero-order valence-electron chi connectivity index (χ0n) is 10.0. The lowest BCUT2D eigenvalue weighted by molar-refractivity contribution is 0.315. The van der Waals surface area contributed by atoms with Gasteiger partial charge in [0, 0.05) is 31.9 Å². The van der Waals surface area contributed by atoms with E-state index < -0.39 is 10.0 Å². The number of aromatic nitrogens is 1. The van der Waals surface area contributed by atoms with E-state index in [0.717, 1.165) is 11.8 Å². The van der Waals surface area contributed by atoms with Crippen molar-refractivity contribution in [2.75, 3.05) is 12.8 Å². The molecule has 0 radical (unpaired) electrons. The summed E-state index contributed by atoms with van der Waals surface area (Å²) in [5.74, 6) is -0.00478. The maximum Gasteiger partial charge on any atom is 0.211 e. The number of amidine groups is 1. The zero-order chi connectivity index (χ0) is 13.6. The minimum Gasteiger partial charge on any atom is -0.409 e. The van der Waals surface area contributed by atoms with E-state index in [4.69, 9.17) is 10.9 Å². The van der Waals surface area contributed by atoms with Crippen LogP contribution in [0, 0.1) is 0 Å². The van der Waals surface area contributed by atoms with E-state index in [-0.39, 0.29) is 25.3 Å². The van der Waals surface area contributed by atoms with Crippen LogP contribution in [-0.4, -0.2) is 41.6 Å². The Morgan fingerprint density at radius 3 is 2.83 bits per heavy atom. The summed E-state index contributed by atoms with van der Waals surface area (Å²) in [6.45, 7) is 0.370. The number of hydrogen-bond donors (Lipinski definition) is 2. The van der Waals surface area contributed by atoms with Crippen LogP contribution in [0.2, 0.25) is 0 Å². The van der Waals surface area contributed by atoms with Crippen LogP contribution in [0.4, 0.5) is 0 Å². The minimum atomic E-state index is -3.35. The van der Waals surface area contributed by atoms with E-state index in [0.29, 0.717) is 0 Å². The summed E-state index contributed by atoms with van der Waals surface area (Å²) >= 11 is 0. The second-order valence-corrected chi connectivity index (χ2v) is 5.78. The van der Waals surface area contributed by atoms with Gasteiger partial charge in [0.2, 0.25) is 10.0 Å². The molecule has 7 nitrogen and oxygen atoms in total. The largest absolute Gasteiger partial charge is 0.409 e. The fraction of sp³-hybridized carbons (Fsp3) is 0.400. The molecule has 0 spiro atoms. The molecule has 1 heterocycles. The van der Waals surface area contributed by atoms with Crippen LogP contribution in [0.3, 0.4) is 0 Å². The van der Waals surface area contributed by atoms with Crippen molar-refractivity contribution in [2.24, 2.45) is 10.9 Å². The van der Waals surface area contributed by atoms with Crippen molar-refractivity contribution in [3.8, 4) is 0 Å². The molecule has 0 aromatic carbocycles. The topological polar surface area (TPSA) is 109 Å². The molecule has 0 unspecified atom stereocenters. The third-order valence-corrected chi connectivity index (χ3v) is 3.55. The summed E-state index contributed by atoms with van der Waals surface area (Å²) in [6, 6.07) is 3.52. The molecule has 1 aromatic rings. The highest BCUT2D eigenvalue weighted by atomic mass is 32.2. The average Bonchev–Trinajstić information content (AvgIpc) is 2.33. The third kappa shape index (κ3) is 4.68. The molecule has 18 heavy (non-hydrogen) atoms. The van der Waals surface area contributed by atoms with Crippen LogP contribution >= 0.6 is 0 Å². The molecule has 1 rings (SSSR count). The molecule has 0 aliphatic rings. The lowest BCUT2D eigenvalue weighted by Crippen LogP contribution is -2.32. The van der Waals surface area contributed by atoms with Gasteiger partial charge in [-0.1, -0.05) is 11.2 Å². The maximum absolute atomic E-state index is 11.6. The molecule has 3 N–H and O–H groups in total. The van der Waals surface area contributed by atoms with Gasteiger partial charge in [-0.25, -0.2) is 8.42 Å². The van der Waals surface area contributed by atoms with Gasteiger partial charge in [0.1, 0.15) is 5.84 Å². The molecule has 0 aliphatic heterocycles. The standard InChI is InChI=1S/C10H16N4O3S/c1-18(16,17)14(6-4-10(11)13-15)8-9-3-2-5-12-7-9/h2-3,5,7,15H,4,6,8H2,1H3,(H2,11,13). The first-order valence-electron chi connectivity index (χ1n) is 5.24. The Hall–Kier alpha value is -1.67. The van der Waals surface area contributed by atoms with Gasteiger partial charge in [0.25, 0.3) is 0 Å². The van der Waals surface area contributed by atoms with E-state index in [1.54, 1.807) is 24.5 Å². The molecule has 0 amide bonds. The number of hydrogen-bond acceptors (Lipinski definition) is 5. The molecule has 100 valence electrons. The van der Waals surface area contributed by atoms with Gasteiger partial charge in [-0.2, -0.15) is 4.31 Å². The second kappa shape index (κ2) is 6.31. The van der Waals surface area contributed by atoms with Crippen molar-refractivity contribution in [1.82, 2.24) is 9.29 Å². The van der Waals surface area contributed by atoms with E-state index in [1.165, 1.54) is 4.31 Å². The van der Waals surface area contributed by atoms with Crippen LogP contribution < -0.4 is 5.73 Å². The van der Waals surface area contributed by atoms with Gasteiger partial charge in [0.05, 0.1) is 6.26 Å². The highest BCUT2D eigenvalue weighted by Gasteiger charge is 2.17. The summed E-state index contributed by atoms with van der Waals surface area (Å²) in [5, 5.41) is 11.2. The first-order valence-corrected chi connectivity index (χ1v) is 7.08. The van der Waals surface area contributed by atoms with Crippen LogP contribution in [-0.2, 0) is 16.6 Å². The maximum atomic E-state index is 11.6. The van der Waals surface area contributed by atoms with Crippen molar-refractivity contribution in [3.05, 3.63) is 30.1 Å². The lowest BCUT2D eigenvalue weighted by atomic mass is 10.3. The van der Waals surface area contributed by atoms with E-state index in [2.05, 4.69) is 10.1 Å². The first kappa shape index (κ1) is 14.4. The van der Waals surface area contributed by atoms with Crippen LogP contribution in [0.5, 0.6) is 0 Å². The smallest absolute Gasteiger partial charge is 0.211 e. The predicted octanol–water partition coefficient (Wildman–Crippen LogP) is -0.0203. The molecule has 0 bridgehead atoms. The Bertz CT molecular complexity index is 501. The fourth-order valence-electron chi connectivity index (χ4n) is 1.35. The van der Waals surface area contributed by atoms with Gasteiger partial charge in [0.15, 0.2) is 0 Å². The summed E-state index contributed by atoms with van der Waals surface area (Å²) in [6.07, 6.45) is 4.51. The molecular weight excluding hydrogens is 256 g/mol. The van der Waals surface area contributed by atoms with Crippen LogP contribution in [0.25, 0.3) is 0 Å². The van der Waals surface area contributed by atoms with Gasteiger partial charge >= 0.3 is 0 Å². The van der Waals surface area contributed by atoms with Gasteiger partial charge in [-0.05, 0) is 11.6 Å². The van der Waals surface area contributed by atoms with Crippen molar-refractivity contribution >= 4 is 15.9 Å². The molecule has 0 fully saturated rings. The highest BCUT2D eigenvalue weighted by Crippen LogP contribution is 2.07. The number of nitrogens with zero attached hydrogens (tertiary/aromatic N) is 3. The van der Waals surface area contributed by atoms with Gasteiger partial charge in [-0.3, -0.25) is 4.98 Å². The van der Waals surface area contributed by atoms with E-state index >= 15 is 0 Å². The van der Waals surface area contributed by atoms with Crippen molar-refractivity contribution < 1.29 is 13.6 Å². The number of rotatable bonds is 6. The summed E-state index contributed by atoms with van der Waals surface area (Å²) in [5.41, 5.74) is 6.10. The molecule has 1 aromatic heterocycles. The fourth-order valence-corrected chi connectivity index (χ4v) is 2.15. The Balaban J connectivity index is 2.75. The van der Waals surface area contributed by atoms with Gasteiger partial charge < -0.3 is 10.9 Å². The zero-order valence-corrected chi connectivity index (χ0v) is 10.8. The summed E-state index contributed by atoms with van der Waals surface area (Å²) in [4.78, 5) is 3.92. The van der Waals surface area contributed by atoms with Crippen molar-refractivity contribution in [1.29, 1.82) is 0 Å². The normalized spacial score (nSPS) is 12.9. The second-order valence-electron chi connectivity index (χ2n) is 3.80. The Morgan fingerprint density at radius 1 is 1.61 bits per heavy atom. The Kier molecular flexibility index (Phi) is 5.05. The van der Waals surface area contributed by atoms with E-state index in [1.807, 2.05) is 0 Å². The quantitative estimate of drug-likeness (QED) is 0.327. The van der Waals surface area contributed by atoms with Crippen molar-refractivity contribution in [2.45, 2.75) is 13.0 Å². The van der Waals surface area contributed by atoms with Crippen LogP contribution in [0.1, 0.15) is 12.0 Å². The molecule has 0 atom stereocenters. The number of nitrogens with two attached hydrogens (primary N) is 1. The van der Waals surface area contributed by atoms with E-state index in [9.17, 15) is 8.42 Å². The molecule has 0 saturated carbocycles. The Morgan fingerprint density at radius 2 is 2.33 bits per heavy atom. The SMILES string of the molecule is CS(=O)(=O)N(CC/C(N)=N/O)Cc1cccnc1. The van der Waals surface area contributed by atoms with Gasteiger partial charge in [-0.15, -0.1) is 0 Å². The average molecular weight is 272 g/mol. The molecule has 0 saturated heterocycles. The molecule has 8 heteroatoms. The highest BCUT2D eigenvalue weighted by molar-refractivity contribution is 7.88. The third-order valence-electron chi connectivity index (χ3n) is 2.30. The summed E-state index contributed by atoms with van der Waals surface area (Å²) in [7, 11) is -3.35. The number of sulfonamides is 1. The lowest BCUT2D eigenvalue weighted by Gasteiger charge is -2.19. The Labute approximate surface area is 106 Å².